The first-order valence-electron chi connectivity index (χ1n) is 7.54. The molecule has 2 unspecified atom stereocenters. The van der Waals surface area contributed by atoms with Crippen LogP contribution >= 0.6 is 0 Å². The van der Waals surface area contributed by atoms with E-state index in [1.807, 2.05) is 10.9 Å². The van der Waals surface area contributed by atoms with Crippen molar-refractivity contribution < 1.29 is 5.11 Å². The number of hydrogen-bond acceptors (Lipinski definition) is 2. The first-order valence-corrected chi connectivity index (χ1v) is 7.54. The van der Waals surface area contributed by atoms with Crippen LogP contribution in [0.3, 0.4) is 0 Å². The predicted molar refractivity (Wildman–Crippen MR) is 80.5 cm³/mol. The topological polar surface area (TPSA) is 38.0 Å². The van der Waals surface area contributed by atoms with Gasteiger partial charge in [-0.1, -0.05) is 43.5 Å². The largest absolute Gasteiger partial charge is 0.391 e. The molecule has 0 spiro atoms. The second-order valence-electron chi connectivity index (χ2n) is 5.80. The molecule has 1 aromatic carbocycles. The van der Waals surface area contributed by atoms with E-state index in [0.717, 1.165) is 24.8 Å². The minimum Gasteiger partial charge on any atom is -0.391 e. The second kappa shape index (κ2) is 5.80. The zero-order valence-corrected chi connectivity index (χ0v) is 12.0. The Hall–Kier alpha value is -1.61. The molecule has 3 heteroatoms. The molecule has 0 saturated heterocycles. The molecule has 1 aromatic heterocycles. The fourth-order valence-electron chi connectivity index (χ4n) is 3.13. The smallest absolute Gasteiger partial charge is 0.0778 e. The van der Waals surface area contributed by atoms with Gasteiger partial charge in [-0.15, -0.1) is 0 Å². The van der Waals surface area contributed by atoms with Gasteiger partial charge in [-0.25, -0.2) is 0 Å². The summed E-state index contributed by atoms with van der Waals surface area (Å²) >= 11 is 0. The molecule has 1 saturated carbocycles. The van der Waals surface area contributed by atoms with Crippen LogP contribution in [0.4, 0.5) is 0 Å². The van der Waals surface area contributed by atoms with Gasteiger partial charge in [0.05, 0.1) is 18.3 Å². The first-order chi connectivity index (χ1) is 9.75. The minimum atomic E-state index is -0.262. The third-order valence-corrected chi connectivity index (χ3v) is 4.34. The summed E-state index contributed by atoms with van der Waals surface area (Å²) in [5.41, 5.74) is 3.62. The minimum absolute atomic E-state index is 0.135. The average Bonchev–Trinajstić information content (AvgIpc) is 2.82. The fraction of sp³-hybridized carbons (Fsp3) is 0.471. The van der Waals surface area contributed by atoms with Crippen molar-refractivity contribution in [3.05, 3.63) is 42.2 Å². The van der Waals surface area contributed by atoms with Crippen LogP contribution in [0.5, 0.6) is 0 Å². The molecular weight excluding hydrogens is 248 g/mol. The molecule has 3 nitrogen and oxygen atoms in total. The molecule has 0 amide bonds. The van der Waals surface area contributed by atoms with Crippen LogP contribution in [0.1, 0.15) is 43.7 Å². The van der Waals surface area contributed by atoms with Gasteiger partial charge in [0.2, 0.25) is 0 Å². The van der Waals surface area contributed by atoms with Gasteiger partial charge < -0.3 is 5.11 Å². The molecule has 0 bridgehead atoms. The normalized spacial score (nSPS) is 23.5. The summed E-state index contributed by atoms with van der Waals surface area (Å²) in [4.78, 5) is 0. The maximum Gasteiger partial charge on any atom is 0.0778 e. The van der Waals surface area contributed by atoms with Crippen LogP contribution in [-0.2, 0) is 0 Å². The van der Waals surface area contributed by atoms with E-state index >= 15 is 0 Å². The van der Waals surface area contributed by atoms with Crippen LogP contribution in [0.2, 0.25) is 0 Å². The lowest BCUT2D eigenvalue weighted by Gasteiger charge is -2.20. The van der Waals surface area contributed by atoms with Crippen molar-refractivity contribution in [2.45, 2.75) is 51.2 Å². The van der Waals surface area contributed by atoms with E-state index in [2.05, 4.69) is 42.5 Å². The van der Waals surface area contributed by atoms with Gasteiger partial charge in [-0.05, 0) is 30.9 Å². The third kappa shape index (κ3) is 2.63. The van der Waals surface area contributed by atoms with E-state index in [9.17, 15) is 5.11 Å². The van der Waals surface area contributed by atoms with E-state index in [-0.39, 0.29) is 12.1 Å². The lowest BCUT2D eigenvalue weighted by atomic mass is 10.0. The standard InChI is InChI=1S/C17H22N2O/c1-13-7-5-6-8-15(13)14-11-18-19(12-14)16-9-3-2-4-10-17(16)20/h5-8,11-12,16-17,20H,2-4,9-10H2,1H3. The molecule has 2 atom stereocenters. The molecule has 1 aliphatic carbocycles. The number of nitrogens with zero attached hydrogens (tertiary/aromatic N) is 2. The molecule has 0 radical (unpaired) electrons. The number of rotatable bonds is 2. The van der Waals surface area contributed by atoms with Crippen LogP contribution in [0.25, 0.3) is 11.1 Å². The molecule has 1 aliphatic rings. The van der Waals surface area contributed by atoms with Crippen LogP contribution in [0.15, 0.2) is 36.7 Å². The summed E-state index contributed by atoms with van der Waals surface area (Å²) in [6.07, 6.45) is 9.19. The highest BCUT2D eigenvalue weighted by Crippen LogP contribution is 2.29. The van der Waals surface area contributed by atoms with Crippen molar-refractivity contribution in [3.63, 3.8) is 0 Å². The molecule has 1 heterocycles. The van der Waals surface area contributed by atoms with E-state index in [0.29, 0.717) is 0 Å². The highest BCUT2D eigenvalue weighted by molar-refractivity contribution is 5.65. The highest BCUT2D eigenvalue weighted by atomic mass is 16.3. The number of aliphatic hydroxyl groups is 1. The van der Waals surface area contributed by atoms with Crippen LogP contribution < -0.4 is 0 Å². The summed E-state index contributed by atoms with van der Waals surface area (Å²) in [5.74, 6) is 0. The molecule has 2 aromatic rings. The van der Waals surface area contributed by atoms with Crippen molar-refractivity contribution in [3.8, 4) is 11.1 Å². The molecule has 106 valence electrons. The Morgan fingerprint density at radius 3 is 2.80 bits per heavy atom. The maximum absolute atomic E-state index is 10.3. The lowest BCUT2D eigenvalue weighted by molar-refractivity contribution is 0.0991. The Labute approximate surface area is 120 Å². The van der Waals surface area contributed by atoms with Crippen molar-refractivity contribution in [1.82, 2.24) is 9.78 Å². The lowest BCUT2D eigenvalue weighted by Crippen LogP contribution is -2.23. The van der Waals surface area contributed by atoms with Crippen molar-refractivity contribution in [1.29, 1.82) is 0 Å². The molecule has 1 fully saturated rings. The van der Waals surface area contributed by atoms with Crippen molar-refractivity contribution in [2.75, 3.05) is 0 Å². The summed E-state index contributed by atoms with van der Waals surface area (Å²) in [5, 5.41) is 14.8. The number of aliphatic hydroxyl groups excluding tert-OH is 1. The van der Waals surface area contributed by atoms with Crippen molar-refractivity contribution in [2.24, 2.45) is 0 Å². The molecular formula is C17H22N2O. The van der Waals surface area contributed by atoms with Gasteiger partial charge in [-0.2, -0.15) is 5.10 Å². The Bertz CT molecular complexity index is 576. The highest BCUT2D eigenvalue weighted by Gasteiger charge is 2.24. The number of aryl methyl sites for hydroxylation is 1. The molecule has 3 rings (SSSR count). The first kappa shape index (κ1) is 13.4. The number of hydrogen-bond donors (Lipinski definition) is 1. The second-order valence-corrected chi connectivity index (χ2v) is 5.80. The van der Waals surface area contributed by atoms with E-state index in [1.165, 1.54) is 24.0 Å². The van der Waals surface area contributed by atoms with E-state index in [4.69, 9.17) is 0 Å². The monoisotopic (exact) mass is 270 g/mol. The van der Waals surface area contributed by atoms with Gasteiger partial charge in [0.15, 0.2) is 0 Å². The molecule has 20 heavy (non-hydrogen) atoms. The van der Waals surface area contributed by atoms with E-state index < -0.39 is 0 Å². The zero-order chi connectivity index (χ0) is 13.9. The average molecular weight is 270 g/mol. The number of aromatic nitrogens is 2. The summed E-state index contributed by atoms with van der Waals surface area (Å²) < 4.78 is 1.97. The third-order valence-electron chi connectivity index (χ3n) is 4.34. The number of benzene rings is 1. The van der Waals surface area contributed by atoms with Gasteiger partial charge in [0.25, 0.3) is 0 Å². The van der Waals surface area contributed by atoms with E-state index in [1.54, 1.807) is 0 Å². The Kier molecular flexibility index (Phi) is 3.88. The van der Waals surface area contributed by atoms with Gasteiger partial charge >= 0.3 is 0 Å². The predicted octanol–water partition coefficient (Wildman–Crippen LogP) is 3.72. The Balaban J connectivity index is 1.88. The molecule has 0 aliphatic heterocycles. The summed E-state index contributed by atoms with van der Waals surface area (Å²) in [7, 11) is 0. The summed E-state index contributed by atoms with van der Waals surface area (Å²) in [6, 6.07) is 8.49. The Morgan fingerprint density at radius 1 is 1.15 bits per heavy atom. The van der Waals surface area contributed by atoms with Crippen LogP contribution in [-0.4, -0.2) is 21.0 Å². The van der Waals surface area contributed by atoms with Gasteiger partial charge in [0, 0.05) is 11.8 Å². The molecule has 1 N–H and O–H groups in total. The maximum atomic E-state index is 10.3. The van der Waals surface area contributed by atoms with Crippen LogP contribution in [0, 0.1) is 6.92 Å². The SMILES string of the molecule is Cc1ccccc1-c1cnn(C2CCCCCC2O)c1. The van der Waals surface area contributed by atoms with Gasteiger partial charge in [0.1, 0.15) is 0 Å². The Morgan fingerprint density at radius 2 is 1.95 bits per heavy atom. The zero-order valence-electron chi connectivity index (χ0n) is 12.0. The summed E-state index contributed by atoms with van der Waals surface area (Å²) in [6.45, 7) is 2.12. The fourth-order valence-corrected chi connectivity index (χ4v) is 3.13. The van der Waals surface area contributed by atoms with Crippen molar-refractivity contribution >= 4 is 0 Å². The quantitative estimate of drug-likeness (QED) is 0.844. The van der Waals surface area contributed by atoms with Gasteiger partial charge in [-0.3, -0.25) is 4.68 Å².